The van der Waals surface area contributed by atoms with Gasteiger partial charge in [-0.15, -0.1) is 12.4 Å². The molecule has 1 aliphatic rings. The first-order valence-electron chi connectivity index (χ1n) is 6.52. The lowest BCUT2D eigenvalue weighted by Gasteiger charge is -2.16. The fourth-order valence-corrected chi connectivity index (χ4v) is 2.21. The number of nitrogens with zero attached hydrogens (tertiary/aromatic N) is 1. The van der Waals surface area contributed by atoms with Crippen LogP contribution in [0.2, 0.25) is 0 Å². The average molecular weight is 298 g/mol. The first-order chi connectivity index (χ1) is 9.20. The maximum absolute atomic E-state index is 11.9. The van der Waals surface area contributed by atoms with E-state index in [9.17, 15) is 9.59 Å². The summed E-state index contributed by atoms with van der Waals surface area (Å²) in [6, 6.07) is 8.88. The molecule has 0 radical (unpaired) electrons. The van der Waals surface area contributed by atoms with Crippen molar-refractivity contribution in [2.45, 2.75) is 6.42 Å². The highest BCUT2D eigenvalue weighted by molar-refractivity contribution is 5.96. The van der Waals surface area contributed by atoms with Gasteiger partial charge in [0.15, 0.2) is 0 Å². The summed E-state index contributed by atoms with van der Waals surface area (Å²) in [5.41, 5.74) is 6.15. The fraction of sp³-hybridized carbons (Fsp3) is 0.429. The Bertz CT molecular complexity index is 453. The molecule has 1 aromatic carbocycles. The van der Waals surface area contributed by atoms with Crippen LogP contribution in [0.4, 0.5) is 0 Å². The Labute approximate surface area is 124 Å². The first-order valence-corrected chi connectivity index (χ1v) is 6.52. The predicted molar refractivity (Wildman–Crippen MR) is 79.8 cm³/mol. The molecular formula is C14H20ClN3O2. The van der Waals surface area contributed by atoms with Gasteiger partial charge in [0.1, 0.15) is 0 Å². The molecule has 0 aliphatic carbocycles. The van der Waals surface area contributed by atoms with Crippen LogP contribution in [0.1, 0.15) is 16.8 Å². The molecule has 0 aromatic heterocycles. The first kappa shape index (κ1) is 16.5. The van der Waals surface area contributed by atoms with E-state index in [-0.39, 0.29) is 30.8 Å². The highest BCUT2D eigenvalue weighted by Crippen LogP contribution is 2.14. The topological polar surface area (TPSA) is 75.4 Å². The lowest BCUT2D eigenvalue weighted by molar-refractivity contribution is -0.129. The van der Waals surface area contributed by atoms with Crippen LogP contribution in [0.25, 0.3) is 0 Å². The number of nitrogens with two attached hydrogens (primary N) is 1. The second-order valence-corrected chi connectivity index (χ2v) is 4.78. The molecule has 20 heavy (non-hydrogen) atoms. The molecule has 0 bridgehead atoms. The van der Waals surface area contributed by atoms with Gasteiger partial charge in [0.05, 0.1) is 6.54 Å². The zero-order valence-electron chi connectivity index (χ0n) is 11.2. The highest BCUT2D eigenvalue weighted by atomic mass is 35.5. The van der Waals surface area contributed by atoms with Crippen molar-refractivity contribution in [1.29, 1.82) is 0 Å². The van der Waals surface area contributed by atoms with E-state index in [1.54, 1.807) is 29.2 Å². The van der Waals surface area contributed by atoms with E-state index in [1.807, 2.05) is 6.07 Å². The Morgan fingerprint density at radius 1 is 1.30 bits per heavy atom. The van der Waals surface area contributed by atoms with Gasteiger partial charge in [-0.25, -0.2) is 0 Å². The number of amides is 2. The van der Waals surface area contributed by atoms with Crippen molar-refractivity contribution in [3.63, 3.8) is 0 Å². The standard InChI is InChI=1S/C14H19N3O2.ClH/c15-8-11-6-7-17(10-11)13(18)9-16-14(19)12-4-2-1-3-5-12;/h1-5,11H,6-10,15H2,(H,16,19);1H. The Morgan fingerprint density at radius 2 is 2.00 bits per heavy atom. The number of hydrogen-bond acceptors (Lipinski definition) is 3. The second-order valence-electron chi connectivity index (χ2n) is 4.78. The Hall–Kier alpha value is -1.59. The second kappa shape index (κ2) is 7.87. The van der Waals surface area contributed by atoms with Crippen molar-refractivity contribution in [3.8, 4) is 0 Å². The quantitative estimate of drug-likeness (QED) is 0.856. The lowest BCUT2D eigenvalue weighted by atomic mass is 10.1. The molecule has 1 heterocycles. The molecule has 1 saturated heterocycles. The van der Waals surface area contributed by atoms with Gasteiger partial charge in [0, 0.05) is 18.7 Å². The molecule has 110 valence electrons. The van der Waals surface area contributed by atoms with Crippen molar-refractivity contribution >= 4 is 24.2 Å². The summed E-state index contributed by atoms with van der Waals surface area (Å²) in [5, 5.41) is 2.65. The zero-order valence-corrected chi connectivity index (χ0v) is 12.1. The average Bonchev–Trinajstić information content (AvgIpc) is 2.94. The van der Waals surface area contributed by atoms with Crippen LogP contribution >= 0.6 is 12.4 Å². The number of halogens is 1. The molecule has 2 rings (SSSR count). The van der Waals surface area contributed by atoms with E-state index in [0.717, 1.165) is 13.0 Å². The van der Waals surface area contributed by atoms with E-state index in [2.05, 4.69) is 5.32 Å². The monoisotopic (exact) mass is 297 g/mol. The molecule has 1 fully saturated rings. The van der Waals surface area contributed by atoms with Crippen molar-refractivity contribution in [1.82, 2.24) is 10.2 Å². The lowest BCUT2D eigenvalue weighted by Crippen LogP contribution is -2.39. The third-order valence-corrected chi connectivity index (χ3v) is 3.41. The summed E-state index contributed by atoms with van der Waals surface area (Å²) < 4.78 is 0. The van der Waals surface area contributed by atoms with Crippen molar-refractivity contribution < 1.29 is 9.59 Å². The number of carbonyl (C=O) groups excluding carboxylic acids is 2. The van der Waals surface area contributed by atoms with Crippen LogP contribution in [0.3, 0.4) is 0 Å². The Kier molecular flexibility index (Phi) is 6.48. The van der Waals surface area contributed by atoms with Crippen LogP contribution in [0, 0.1) is 5.92 Å². The maximum atomic E-state index is 11.9. The molecule has 0 saturated carbocycles. The molecule has 2 amide bonds. The van der Waals surface area contributed by atoms with Gasteiger partial charge in [-0.2, -0.15) is 0 Å². The van der Waals surface area contributed by atoms with E-state index in [0.29, 0.717) is 24.6 Å². The van der Waals surface area contributed by atoms with Gasteiger partial charge in [-0.3, -0.25) is 9.59 Å². The molecule has 6 heteroatoms. The molecule has 0 spiro atoms. The smallest absolute Gasteiger partial charge is 0.251 e. The number of carbonyl (C=O) groups is 2. The summed E-state index contributed by atoms with van der Waals surface area (Å²) >= 11 is 0. The van der Waals surface area contributed by atoms with Crippen LogP contribution < -0.4 is 11.1 Å². The Balaban J connectivity index is 0.00000200. The molecule has 3 N–H and O–H groups in total. The van der Waals surface area contributed by atoms with Crippen molar-refractivity contribution in [2.24, 2.45) is 11.7 Å². The molecular weight excluding hydrogens is 278 g/mol. The summed E-state index contributed by atoms with van der Waals surface area (Å²) in [6.07, 6.45) is 0.953. The number of rotatable bonds is 4. The largest absolute Gasteiger partial charge is 0.343 e. The third-order valence-electron chi connectivity index (χ3n) is 3.41. The van der Waals surface area contributed by atoms with Crippen LogP contribution in [0.5, 0.6) is 0 Å². The van der Waals surface area contributed by atoms with E-state index < -0.39 is 0 Å². The molecule has 1 aromatic rings. The maximum Gasteiger partial charge on any atom is 0.251 e. The molecule has 1 unspecified atom stereocenters. The third kappa shape index (κ3) is 4.21. The van der Waals surface area contributed by atoms with Crippen LogP contribution in [-0.4, -0.2) is 42.9 Å². The van der Waals surface area contributed by atoms with E-state index in [4.69, 9.17) is 5.73 Å². The minimum atomic E-state index is -0.219. The normalized spacial score (nSPS) is 17.4. The predicted octanol–water partition coefficient (Wildman–Crippen LogP) is 0.645. The molecule has 5 nitrogen and oxygen atoms in total. The summed E-state index contributed by atoms with van der Waals surface area (Å²) in [5.74, 6) is 0.137. The van der Waals surface area contributed by atoms with Gasteiger partial charge in [-0.1, -0.05) is 18.2 Å². The van der Waals surface area contributed by atoms with Gasteiger partial charge in [0.2, 0.25) is 5.91 Å². The number of hydrogen-bond donors (Lipinski definition) is 2. The van der Waals surface area contributed by atoms with Gasteiger partial charge in [-0.05, 0) is 31.0 Å². The van der Waals surface area contributed by atoms with Gasteiger partial charge < -0.3 is 16.0 Å². The van der Waals surface area contributed by atoms with E-state index >= 15 is 0 Å². The molecule has 1 aliphatic heterocycles. The van der Waals surface area contributed by atoms with Crippen molar-refractivity contribution in [2.75, 3.05) is 26.2 Å². The van der Waals surface area contributed by atoms with Crippen molar-refractivity contribution in [3.05, 3.63) is 35.9 Å². The zero-order chi connectivity index (χ0) is 13.7. The molecule has 1 atom stereocenters. The van der Waals surface area contributed by atoms with Crippen LogP contribution in [0.15, 0.2) is 30.3 Å². The summed E-state index contributed by atoms with van der Waals surface area (Å²) in [6.45, 7) is 2.10. The number of likely N-dealkylation sites (tertiary alicyclic amines) is 1. The van der Waals surface area contributed by atoms with E-state index in [1.165, 1.54) is 0 Å². The fourth-order valence-electron chi connectivity index (χ4n) is 2.21. The minimum absolute atomic E-state index is 0. The number of benzene rings is 1. The number of nitrogens with one attached hydrogen (secondary N) is 1. The Morgan fingerprint density at radius 3 is 2.60 bits per heavy atom. The van der Waals surface area contributed by atoms with Gasteiger partial charge in [0.25, 0.3) is 5.91 Å². The minimum Gasteiger partial charge on any atom is -0.343 e. The summed E-state index contributed by atoms with van der Waals surface area (Å²) in [7, 11) is 0. The van der Waals surface area contributed by atoms with Crippen LogP contribution in [-0.2, 0) is 4.79 Å². The summed E-state index contributed by atoms with van der Waals surface area (Å²) in [4.78, 5) is 25.5. The van der Waals surface area contributed by atoms with Gasteiger partial charge >= 0.3 is 0 Å². The SMILES string of the molecule is Cl.NCC1CCN(C(=O)CNC(=O)c2ccccc2)C1. The highest BCUT2D eigenvalue weighted by Gasteiger charge is 2.25.